The molecule has 1 heterocycles. The van der Waals surface area contributed by atoms with E-state index in [-0.39, 0.29) is 0 Å². The first kappa shape index (κ1) is 10.8. The lowest BCUT2D eigenvalue weighted by molar-refractivity contribution is 0.631. The quantitative estimate of drug-likeness (QED) is 0.611. The Morgan fingerprint density at radius 3 is 3.13 bits per heavy atom. The molecule has 0 saturated carbocycles. The third-order valence-electron chi connectivity index (χ3n) is 2.77. The first-order chi connectivity index (χ1) is 7.45. The first-order valence-electron chi connectivity index (χ1n) is 5.72. The normalized spacial score (nSPS) is 16.4. The second-order valence-electron chi connectivity index (χ2n) is 3.96. The van der Waals surface area contributed by atoms with Gasteiger partial charge in [-0.25, -0.2) is 4.98 Å². The maximum atomic E-state index is 4.24. The molecular weight excluding hydrogens is 204 g/mol. The molecule has 0 aliphatic heterocycles. The average molecular weight is 222 g/mol. The molecule has 0 aromatic carbocycles. The average Bonchev–Trinajstić information content (AvgIpc) is 2.79. The smallest absolute Gasteiger partial charge is 0.106 e. The van der Waals surface area contributed by atoms with Crippen molar-refractivity contribution in [2.24, 2.45) is 0 Å². The Morgan fingerprint density at radius 1 is 1.40 bits per heavy atom. The molecule has 1 aromatic rings. The molecule has 0 atom stereocenters. The van der Waals surface area contributed by atoms with Gasteiger partial charge in [0, 0.05) is 18.1 Å². The van der Waals surface area contributed by atoms with E-state index < -0.39 is 0 Å². The molecule has 0 fully saturated rings. The Morgan fingerprint density at radius 2 is 2.40 bits per heavy atom. The summed E-state index contributed by atoms with van der Waals surface area (Å²) < 4.78 is 0. The summed E-state index contributed by atoms with van der Waals surface area (Å²) >= 11 is 1.72. The zero-order chi connectivity index (χ0) is 10.3. The minimum Gasteiger partial charge on any atom is -0.310 e. The molecule has 0 amide bonds. The van der Waals surface area contributed by atoms with E-state index in [4.69, 9.17) is 0 Å². The first-order valence-corrected chi connectivity index (χ1v) is 6.60. The van der Waals surface area contributed by atoms with Crippen LogP contribution in [-0.2, 0) is 6.54 Å². The van der Waals surface area contributed by atoms with Gasteiger partial charge in [0.1, 0.15) is 5.01 Å². The van der Waals surface area contributed by atoms with Crippen LogP contribution in [0.5, 0.6) is 0 Å². The largest absolute Gasteiger partial charge is 0.310 e. The summed E-state index contributed by atoms with van der Waals surface area (Å²) in [5.41, 5.74) is 1.65. The summed E-state index contributed by atoms with van der Waals surface area (Å²) in [6.07, 6.45) is 10.9. The maximum Gasteiger partial charge on any atom is 0.106 e. The number of hydrogen-bond donors (Lipinski definition) is 1. The Kier molecular flexibility index (Phi) is 4.36. The highest BCUT2D eigenvalue weighted by atomic mass is 32.1. The molecule has 1 aliphatic carbocycles. The lowest BCUT2D eigenvalue weighted by Crippen LogP contribution is -2.15. The van der Waals surface area contributed by atoms with E-state index in [1.807, 2.05) is 11.6 Å². The van der Waals surface area contributed by atoms with Crippen LogP contribution in [0.4, 0.5) is 0 Å². The Bertz CT molecular complexity index is 303. The number of thiazole rings is 1. The van der Waals surface area contributed by atoms with Crippen molar-refractivity contribution in [3.8, 4) is 0 Å². The van der Waals surface area contributed by atoms with Gasteiger partial charge in [-0.05, 0) is 38.6 Å². The van der Waals surface area contributed by atoms with E-state index in [1.165, 1.54) is 37.1 Å². The fraction of sp³-hybridized carbons (Fsp3) is 0.583. The van der Waals surface area contributed by atoms with Crippen molar-refractivity contribution in [3.63, 3.8) is 0 Å². The van der Waals surface area contributed by atoms with Crippen LogP contribution in [0, 0.1) is 0 Å². The van der Waals surface area contributed by atoms with Crippen molar-refractivity contribution in [1.29, 1.82) is 0 Å². The van der Waals surface area contributed by atoms with Crippen LogP contribution in [0.15, 0.2) is 23.2 Å². The highest BCUT2D eigenvalue weighted by Crippen LogP contribution is 2.19. The lowest BCUT2D eigenvalue weighted by atomic mass is 9.97. The third kappa shape index (κ3) is 3.76. The maximum absolute atomic E-state index is 4.24. The summed E-state index contributed by atoms with van der Waals surface area (Å²) in [5.74, 6) is 0. The molecular formula is C12H18N2S. The summed E-state index contributed by atoms with van der Waals surface area (Å²) in [6, 6.07) is 0. The van der Waals surface area contributed by atoms with Crippen LogP contribution in [0.2, 0.25) is 0 Å². The summed E-state index contributed by atoms with van der Waals surface area (Å²) in [4.78, 5) is 4.24. The predicted octanol–water partition coefficient (Wildman–Crippen LogP) is 3.12. The van der Waals surface area contributed by atoms with Crippen molar-refractivity contribution in [1.82, 2.24) is 10.3 Å². The van der Waals surface area contributed by atoms with E-state index in [1.54, 1.807) is 16.9 Å². The SMILES string of the molecule is C1=C(CCNCc2nccs2)CCCC1. The van der Waals surface area contributed by atoms with Gasteiger partial charge < -0.3 is 5.32 Å². The van der Waals surface area contributed by atoms with Gasteiger partial charge in [0.2, 0.25) is 0 Å². The van der Waals surface area contributed by atoms with Crippen LogP contribution in [0.25, 0.3) is 0 Å². The van der Waals surface area contributed by atoms with E-state index in [0.717, 1.165) is 13.1 Å². The fourth-order valence-corrected chi connectivity index (χ4v) is 2.50. The zero-order valence-corrected chi connectivity index (χ0v) is 9.85. The van der Waals surface area contributed by atoms with Gasteiger partial charge in [-0.3, -0.25) is 0 Å². The summed E-state index contributed by atoms with van der Waals surface area (Å²) in [7, 11) is 0. The van der Waals surface area contributed by atoms with Gasteiger partial charge >= 0.3 is 0 Å². The molecule has 0 spiro atoms. The van der Waals surface area contributed by atoms with E-state index in [9.17, 15) is 0 Å². The molecule has 0 unspecified atom stereocenters. The molecule has 15 heavy (non-hydrogen) atoms. The van der Waals surface area contributed by atoms with Crippen molar-refractivity contribution >= 4 is 11.3 Å². The van der Waals surface area contributed by atoms with Crippen LogP contribution in [-0.4, -0.2) is 11.5 Å². The molecule has 0 bridgehead atoms. The van der Waals surface area contributed by atoms with Gasteiger partial charge in [0.25, 0.3) is 0 Å². The van der Waals surface area contributed by atoms with E-state index >= 15 is 0 Å². The number of nitrogens with zero attached hydrogens (tertiary/aromatic N) is 1. The zero-order valence-electron chi connectivity index (χ0n) is 9.04. The molecule has 3 heteroatoms. The van der Waals surface area contributed by atoms with Crippen molar-refractivity contribution < 1.29 is 0 Å². The summed E-state index contributed by atoms with van der Waals surface area (Å²) in [6.45, 7) is 2.01. The number of allylic oxidation sites excluding steroid dienone is 1. The molecule has 1 N–H and O–H groups in total. The van der Waals surface area contributed by atoms with Crippen molar-refractivity contribution in [2.75, 3.05) is 6.54 Å². The van der Waals surface area contributed by atoms with Crippen molar-refractivity contribution in [2.45, 2.75) is 38.6 Å². The van der Waals surface area contributed by atoms with Crippen LogP contribution in [0.1, 0.15) is 37.1 Å². The minimum absolute atomic E-state index is 0.922. The summed E-state index contributed by atoms with van der Waals surface area (Å²) in [5, 5.41) is 6.66. The topological polar surface area (TPSA) is 24.9 Å². The van der Waals surface area contributed by atoms with Crippen LogP contribution in [0.3, 0.4) is 0 Å². The molecule has 0 saturated heterocycles. The Labute approximate surface area is 95.4 Å². The Balaban J connectivity index is 1.60. The number of hydrogen-bond acceptors (Lipinski definition) is 3. The van der Waals surface area contributed by atoms with E-state index in [0.29, 0.717) is 0 Å². The van der Waals surface area contributed by atoms with Gasteiger partial charge in [-0.15, -0.1) is 11.3 Å². The van der Waals surface area contributed by atoms with Gasteiger partial charge in [0.05, 0.1) is 0 Å². The number of nitrogens with one attached hydrogen (secondary N) is 1. The highest BCUT2D eigenvalue weighted by Gasteiger charge is 2.02. The lowest BCUT2D eigenvalue weighted by Gasteiger charge is -2.12. The second kappa shape index (κ2) is 6.03. The molecule has 1 aromatic heterocycles. The monoisotopic (exact) mass is 222 g/mol. The molecule has 2 rings (SSSR count). The molecule has 0 radical (unpaired) electrons. The third-order valence-corrected chi connectivity index (χ3v) is 3.55. The molecule has 82 valence electrons. The number of aromatic nitrogens is 1. The molecule has 2 nitrogen and oxygen atoms in total. The number of rotatable bonds is 5. The second-order valence-corrected chi connectivity index (χ2v) is 4.94. The fourth-order valence-electron chi connectivity index (χ4n) is 1.92. The Hall–Kier alpha value is -0.670. The highest BCUT2D eigenvalue weighted by molar-refractivity contribution is 7.09. The van der Waals surface area contributed by atoms with Gasteiger partial charge in [-0.1, -0.05) is 11.6 Å². The molecule has 1 aliphatic rings. The van der Waals surface area contributed by atoms with Crippen molar-refractivity contribution in [3.05, 3.63) is 28.2 Å². The minimum atomic E-state index is 0.922. The van der Waals surface area contributed by atoms with Gasteiger partial charge in [-0.2, -0.15) is 0 Å². The van der Waals surface area contributed by atoms with E-state index in [2.05, 4.69) is 16.4 Å². The van der Waals surface area contributed by atoms with Crippen LogP contribution < -0.4 is 5.32 Å². The predicted molar refractivity (Wildman–Crippen MR) is 65.0 cm³/mol. The standard InChI is InChI=1S/C12H18N2S/c1-2-4-11(5-3-1)6-7-13-10-12-14-8-9-15-12/h4,8-9,13H,1-3,5-7,10H2. The van der Waals surface area contributed by atoms with Crippen LogP contribution >= 0.6 is 11.3 Å². The van der Waals surface area contributed by atoms with Gasteiger partial charge in [0.15, 0.2) is 0 Å².